The first kappa shape index (κ1) is 15.8. The van der Waals surface area contributed by atoms with Gasteiger partial charge in [0.15, 0.2) is 0 Å². The number of rotatable bonds is 3. The molecule has 1 heterocycles. The van der Waals surface area contributed by atoms with Crippen molar-refractivity contribution < 1.29 is 4.79 Å². The molecule has 0 aliphatic carbocycles. The van der Waals surface area contributed by atoms with Crippen molar-refractivity contribution in [1.82, 2.24) is 4.90 Å². The maximum atomic E-state index is 12.4. The number of hydrogen-bond acceptors (Lipinski definition) is 2. The van der Waals surface area contributed by atoms with Gasteiger partial charge in [0.2, 0.25) is 5.91 Å². The lowest BCUT2D eigenvalue weighted by atomic mass is 10.1. The van der Waals surface area contributed by atoms with Crippen LogP contribution in [0.5, 0.6) is 0 Å². The van der Waals surface area contributed by atoms with Crippen molar-refractivity contribution in [2.75, 3.05) is 18.4 Å². The summed E-state index contributed by atoms with van der Waals surface area (Å²) in [7, 11) is 0. The first-order chi connectivity index (χ1) is 9.49. The highest BCUT2D eigenvalue weighted by molar-refractivity contribution is 9.11. The fourth-order valence-electron chi connectivity index (χ4n) is 2.50. The van der Waals surface area contributed by atoms with Gasteiger partial charge >= 0.3 is 0 Å². The van der Waals surface area contributed by atoms with Gasteiger partial charge in [-0.2, -0.15) is 0 Å². The topological polar surface area (TPSA) is 32.3 Å². The maximum absolute atomic E-state index is 12.4. The van der Waals surface area contributed by atoms with Gasteiger partial charge < -0.3 is 10.2 Å². The molecule has 0 radical (unpaired) electrons. The number of nitrogens with one attached hydrogen (secondary N) is 1. The maximum Gasteiger partial charge on any atom is 0.244 e. The minimum absolute atomic E-state index is 0.184. The fraction of sp³-hybridized carbons (Fsp3) is 0.533. The minimum atomic E-state index is -0.219. The van der Waals surface area contributed by atoms with Crippen molar-refractivity contribution in [3.63, 3.8) is 0 Å². The van der Waals surface area contributed by atoms with E-state index in [1.165, 1.54) is 12.0 Å². The molecule has 110 valence electrons. The average Bonchev–Trinajstić information content (AvgIpc) is 2.42. The molecule has 1 fully saturated rings. The van der Waals surface area contributed by atoms with Crippen LogP contribution in [0.2, 0.25) is 0 Å². The molecule has 3 nitrogen and oxygen atoms in total. The van der Waals surface area contributed by atoms with E-state index in [1.807, 2.05) is 30.9 Å². The Kier molecular flexibility index (Phi) is 5.49. The lowest BCUT2D eigenvalue weighted by molar-refractivity contribution is -0.132. The number of carbonyl (C=O) groups excluding carboxylic acids is 1. The number of nitrogens with zero attached hydrogens (tertiary/aromatic N) is 1. The SMILES string of the molecule is Cc1cc(Br)c(NC(C)C(=O)N2CCCCC2)c(Br)c1. The van der Waals surface area contributed by atoms with Crippen LogP contribution in [0.3, 0.4) is 0 Å². The number of piperidine rings is 1. The van der Waals surface area contributed by atoms with Gasteiger partial charge in [-0.15, -0.1) is 0 Å². The molecule has 0 bridgehead atoms. The molecule has 1 aromatic carbocycles. The van der Waals surface area contributed by atoms with Crippen LogP contribution in [-0.4, -0.2) is 29.9 Å². The highest BCUT2D eigenvalue weighted by atomic mass is 79.9. The molecule has 5 heteroatoms. The monoisotopic (exact) mass is 402 g/mol. The number of benzene rings is 1. The molecular formula is C15H20Br2N2O. The minimum Gasteiger partial charge on any atom is -0.372 e. The standard InChI is InChI=1S/C15H20Br2N2O/c1-10-8-12(16)14(13(17)9-10)18-11(2)15(20)19-6-4-3-5-7-19/h8-9,11,18H,3-7H2,1-2H3. The lowest BCUT2D eigenvalue weighted by Crippen LogP contribution is -2.44. The molecule has 0 spiro atoms. The summed E-state index contributed by atoms with van der Waals surface area (Å²) in [6.45, 7) is 5.75. The third kappa shape index (κ3) is 3.76. The summed E-state index contributed by atoms with van der Waals surface area (Å²) in [6.07, 6.45) is 3.48. The highest BCUT2D eigenvalue weighted by Crippen LogP contribution is 2.33. The quantitative estimate of drug-likeness (QED) is 0.814. The molecule has 1 aliphatic heterocycles. The van der Waals surface area contributed by atoms with Gasteiger partial charge in [-0.3, -0.25) is 4.79 Å². The van der Waals surface area contributed by atoms with E-state index in [9.17, 15) is 4.79 Å². The van der Waals surface area contributed by atoms with Crippen LogP contribution < -0.4 is 5.32 Å². The molecule has 0 saturated carbocycles. The molecule has 1 unspecified atom stereocenters. The predicted octanol–water partition coefficient (Wildman–Crippen LogP) is 4.33. The molecule has 1 aromatic rings. The Morgan fingerprint density at radius 1 is 1.20 bits per heavy atom. The second-order valence-corrected chi connectivity index (χ2v) is 7.06. The number of likely N-dealkylation sites (tertiary alicyclic amines) is 1. The lowest BCUT2D eigenvalue weighted by Gasteiger charge is -2.30. The zero-order chi connectivity index (χ0) is 14.7. The van der Waals surface area contributed by atoms with Gasteiger partial charge in [-0.1, -0.05) is 0 Å². The summed E-state index contributed by atoms with van der Waals surface area (Å²) in [5.41, 5.74) is 2.11. The Labute approximate surface area is 137 Å². The van der Waals surface area contributed by atoms with Gasteiger partial charge in [-0.05, 0) is 82.7 Å². The van der Waals surface area contributed by atoms with E-state index in [-0.39, 0.29) is 11.9 Å². The van der Waals surface area contributed by atoms with Gasteiger partial charge in [0, 0.05) is 22.0 Å². The predicted molar refractivity (Wildman–Crippen MR) is 90.1 cm³/mol. The Balaban J connectivity index is 2.07. The second kappa shape index (κ2) is 6.94. The number of carbonyl (C=O) groups is 1. The summed E-state index contributed by atoms with van der Waals surface area (Å²) in [5.74, 6) is 0.184. The van der Waals surface area contributed by atoms with Gasteiger partial charge in [0.1, 0.15) is 6.04 Å². The van der Waals surface area contributed by atoms with E-state index in [0.717, 1.165) is 40.6 Å². The van der Waals surface area contributed by atoms with Crippen molar-refractivity contribution in [1.29, 1.82) is 0 Å². The number of halogens is 2. The average molecular weight is 404 g/mol. The second-order valence-electron chi connectivity index (χ2n) is 5.36. The largest absolute Gasteiger partial charge is 0.372 e. The first-order valence-electron chi connectivity index (χ1n) is 7.00. The summed E-state index contributed by atoms with van der Waals surface area (Å²) in [5, 5.41) is 3.32. The molecule has 1 amide bonds. The Morgan fingerprint density at radius 3 is 2.30 bits per heavy atom. The van der Waals surface area contributed by atoms with E-state index in [4.69, 9.17) is 0 Å². The normalized spacial score (nSPS) is 16.9. The van der Waals surface area contributed by atoms with Crippen molar-refractivity contribution in [3.8, 4) is 0 Å². The van der Waals surface area contributed by atoms with Crippen LogP contribution in [0, 0.1) is 6.92 Å². The van der Waals surface area contributed by atoms with Crippen LogP contribution >= 0.6 is 31.9 Å². The molecule has 1 atom stereocenters. The fourth-order valence-corrected chi connectivity index (χ4v) is 4.15. The smallest absolute Gasteiger partial charge is 0.244 e. The summed E-state index contributed by atoms with van der Waals surface area (Å²) >= 11 is 7.11. The zero-order valence-corrected chi connectivity index (χ0v) is 15.1. The molecule has 1 N–H and O–H groups in total. The molecular weight excluding hydrogens is 384 g/mol. The van der Waals surface area contributed by atoms with Gasteiger partial charge in [0.05, 0.1) is 5.69 Å². The van der Waals surface area contributed by atoms with Crippen LogP contribution in [-0.2, 0) is 4.79 Å². The number of hydrogen-bond donors (Lipinski definition) is 1. The van der Waals surface area contributed by atoms with Crippen molar-refractivity contribution in [2.45, 2.75) is 39.2 Å². The van der Waals surface area contributed by atoms with Gasteiger partial charge in [-0.25, -0.2) is 0 Å². The zero-order valence-electron chi connectivity index (χ0n) is 11.9. The van der Waals surface area contributed by atoms with Crippen molar-refractivity contribution in [3.05, 3.63) is 26.6 Å². The number of anilines is 1. The van der Waals surface area contributed by atoms with Crippen LogP contribution in [0.15, 0.2) is 21.1 Å². The Morgan fingerprint density at radius 2 is 1.75 bits per heavy atom. The number of aryl methyl sites for hydroxylation is 1. The summed E-state index contributed by atoms with van der Waals surface area (Å²) < 4.78 is 1.95. The van der Waals surface area contributed by atoms with Crippen LogP contribution in [0.4, 0.5) is 5.69 Å². The number of amides is 1. The third-order valence-electron chi connectivity index (χ3n) is 3.59. The Bertz CT molecular complexity index is 476. The van der Waals surface area contributed by atoms with Crippen LogP contribution in [0.1, 0.15) is 31.7 Å². The molecule has 0 aromatic heterocycles. The molecule has 1 aliphatic rings. The summed E-state index contributed by atoms with van der Waals surface area (Å²) in [6, 6.07) is 3.87. The third-order valence-corrected chi connectivity index (χ3v) is 4.84. The first-order valence-corrected chi connectivity index (χ1v) is 8.58. The van der Waals surface area contributed by atoms with E-state index in [1.54, 1.807) is 0 Å². The summed E-state index contributed by atoms with van der Waals surface area (Å²) in [4.78, 5) is 14.4. The van der Waals surface area contributed by atoms with E-state index >= 15 is 0 Å². The molecule has 20 heavy (non-hydrogen) atoms. The van der Waals surface area contributed by atoms with E-state index < -0.39 is 0 Å². The Hall–Kier alpha value is -0.550. The van der Waals surface area contributed by atoms with Crippen LogP contribution in [0.25, 0.3) is 0 Å². The highest BCUT2D eigenvalue weighted by Gasteiger charge is 2.23. The molecule has 2 rings (SSSR count). The van der Waals surface area contributed by atoms with Crippen molar-refractivity contribution in [2.24, 2.45) is 0 Å². The van der Waals surface area contributed by atoms with E-state index in [0.29, 0.717) is 0 Å². The van der Waals surface area contributed by atoms with Crippen molar-refractivity contribution >= 4 is 43.5 Å². The van der Waals surface area contributed by atoms with E-state index in [2.05, 4.69) is 37.2 Å². The van der Waals surface area contributed by atoms with Gasteiger partial charge in [0.25, 0.3) is 0 Å². The molecule has 1 saturated heterocycles.